The molecule has 1 heterocycles. The lowest BCUT2D eigenvalue weighted by Crippen LogP contribution is -2.28. The SMILES string of the molecule is CCNCCCN1CCCOc2ccccc21. The highest BCUT2D eigenvalue weighted by Crippen LogP contribution is 2.30. The topological polar surface area (TPSA) is 24.5 Å². The van der Waals surface area contributed by atoms with Crippen LogP contribution in [0.5, 0.6) is 5.75 Å². The molecule has 0 aliphatic carbocycles. The molecule has 0 unspecified atom stereocenters. The third-order valence-corrected chi connectivity index (χ3v) is 3.07. The van der Waals surface area contributed by atoms with Gasteiger partial charge in [-0.1, -0.05) is 19.1 Å². The van der Waals surface area contributed by atoms with Crippen molar-refractivity contribution in [1.29, 1.82) is 0 Å². The third kappa shape index (κ3) is 3.37. The fourth-order valence-electron chi connectivity index (χ4n) is 2.20. The number of rotatable bonds is 5. The van der Waals surface area contributed by atoms with Crippen molar-refractivity contribution >= 4 is 5.69 Å². The van der Waals surface area contributed by atoms with Gasteiger partial charge in [-0.05, 0) is 38.1 Å². The van der Waals surface area contributed by atoms with Gasteiger partial charge in [-0.3, -0.25) is 0 Å². The number of anilines is 1. The maximum atomic E-state index is 5.75. The van der Waals surface area contributed by atoms with E-state index in [1.807, 2.05) is 6.07 Å². The summed E-state index contributed by atoms with van der Waals surface area (Å²) in [6, 6.07) is 8.36. The van der Waals surface area contributed by atoms with Gasteiger partial charge in [0, 0.05) is 13.1 Å². The van der Waals surface area contributed by atoms with Gasteiger partial charge in [-0.15, -0.1) is 0 Å². The van der Waals surface area contributed by atoms with Crippen molar-refractivity contribution in [2.24, 2.45) is 0 Å². The summed E-state index contributed by atoms with van der Waals surface area (Å²) >= 11 is 0. The van der Waals surface area contributed by atoms with E-state index in [0.29, 0.717) is 0 Å². The number of hydrogen-bond donors (Lipinski definition) is 1. The smallest absolute Gasteiger partial charge is 0.142 e. The second-order valence-electron chi connectivity index (χ2n) is 4.36. The maximum Gasteiger partial charge on any atom is 0.142 e. The molecule has 3 nitrogen and oxygen atoms in total. The lowest BCUT2D eigenvalue weighted by molar-refractivity contribution is 0.322. The molecule has 0 saturated carbocycles. The highest BCUT2D eigenvalue weighted by Gasteiger charge is 2.14. The first-order valence-corrected chi connectivity index (χ1v) is 6.59. The number of fused-ring (bicyclic) bond motifs is 1. The normalized spacial score (nSPS) is 15.0. The summed E-state index contributed by atoms with van der Waals surface area (Å²) in [7, 11) is 0. The van der Waals surface area contributed by atoms with Gasteiger partial charge in [-0.2, -0.15) is 0 Å². The van der Waals surface area contributed by atoms with E-state index in [1.165, 1.54) is 12.1 Å². The molecule has 3 heteroatoms. The molecule has 0 bridgehead atoms. The van der Waals surface area contributed by atoms with Crippen molar-refractivity contribution in [3.63, 3.8) is 0 Å². The Morgan fingerprint density at radius 1 is 1.35 bits per heavy atom. The standard InChI is InChI=1S/C14H22N2O/c1-2-15-9-5-10-16-11-6-12-17-14-8-4-3-7-13(14)16/h3-4,7-8,15H,2,5-6,9-12H2,1H3. The van der Waals surface area contributed by atoms with Crippen LogP contribution in [0.15, 0.2) is 24.3 Å². The molecule has 94 valence electrons. The number of hydrogen-bond acceptors (Lipinski definition) is 3. The lowest BCUT2D eigenvalue weighted by atomic mass is 10.2. The first kappa shape index (κ1) is 12.2. The molecule has 0 atom stereocenters. The van der Waals surface area contributed by atoms with Crippen molar-refractivity contribution in [3.8, 4) is 5.75 Å². The quantitative estimate of drug-likeness (QED) is 0.791. The Bertz CT molecular complexity index is 341. The minimum Gasteiger partial charge on any atom is -0.491 e. The average Bonchev–Trinajstić information content (AvgIpc) is 2.57. The second-order valence-corrected chi connectivity index (χ2v) is 4.36. The molecule has 0 amide bonds. The molecule has 0 aromatic heterocycles. The molecular weight excluding hydrogens is 212 g/mol. The average molecular weight is 234 g/mol. The van der Waals surface area contributed by atoms with Crippen molar-refractivity contribution < 1.29 is 4.74 Å². The van der Waals surface area contributed by atoms with Crippen LogP contribution in [0.4, 0.5) is 5.69 Å². The molecule has 1 aromatic carbocycles. The van der Waals surface area contributed by atoms with E-state index in [-0.39, 0.29) is 0 Å². The largest absolute Gasteiger partial charge is 0.491 e. The highest BCUT2D eigenvalue weighted by atomic mass is 16.5. The molecule has 1 aliphatic rings. The molecular formula is C14H22N2O. The molecule has 1 aliphatic heterocycles. The lowest BCUT2D eigenvalue weighted by Gasteiger charge is -2.23. The molecule has 0 radical (unpaired) electrons. The van der Waals surface area contributed by atoms with E-state index in [1.54, 1.807) is 0 Å². The zero-order valence-corrected chi connectivity index (χ0v) is 10.6. The Kier molecular flexibility index (Phi) is 4.68. The van der Waals surface area contributed by atoms with E-state index >= 15 is 0 Å². The van der Waals surface area contributed by atoms with Gasteiger partial charge in [0.2, 0.25) is 0 Å². The van der Waals surface area contributed by atoms with Crippen molar-refractivity contribution in [3.05, 3.63) is 24.3 Å². The predicted molar refractivity (Wildman–Crippen MR) is 71.9 cm³/mol. The van der Waals surface area contributed by atoms with Gasteiger partial charge in [0.25, 0.3) is 0 Å². The zero-order chi connectivity index (χ0) is 11.9. The van der Waals surface area contributed by atoms with Crippen LogP contribution in [0, 0.1) is 0 Å². The Labute approximate surface area is 104 Å². The maximum absolute atomic E-state index is 5.75. The summed E-state index contributed by atoms with van der Waals surface area (Å²) in [6.07, 6.45) is 2.29. The summed E-state index contributed by atoms with van der Waals surface area (Å²) in [4.78, 5) is 2.44. The number of ether oxygens (including phenoxy) is 1. The first-order chi connectivity index (χ1) is 8.42. The van der Waals surface area contributed by atoms with Crippen molar-refractivity contribution in [2.45, 2.75) is 19.8 Å². The van der Waals surface area contributed by atoms with Gasteiger partial charge in [0.05, 0.1) is 12.3 Å². The van der Waals surface area contributed by atoms with Gasteiger partial charge in [0.15, 0.2) is 0 Å². The molecule has 0 spiro atoms. The number of benzene rings is 1. The Hall–Kier alpha value is -1.22. The van der Waals surface area contributed by atoms with E-state index in [4.69, 9.17) is 4.74 Å². The fraction of sp³-hybridized carbons (Fsp3) is 0.571. The van der Waals surface area contributed by atoms with Crippen LogP contribution in [0.25, 0.3) is 0 Å². The van der Waals surface area contributed by atoms with Gasteiger partial charge in [0.1, 0.15) is 5.75 Å². The van der Waals surface area contributed by atoms with E-state index < -0.39 is 0 Å². The number of nitrogens with zero attached hydrogens (tertiary/aromatic N) is 1. The molecule has 0 saturated heterocycles. The minimum absolute atomic E-state index is 0.834. The molecule has 17 heavy (non-hydrogen) atoms. The minimum atomic E-state index is 0.834. The van der Waals surface area contributed by atoms with Crippen LogP contribution in [0.3, 0.4) is 0 Å². The van der Waals surface area contributed by atoms with Crippen molar-refractivity contribution in [1.82, 2.24) is 5.32 Å². The Morgan fingerprint density at radius 2 is 2.24 bits per heavy atom. The monoisotopic (exact) mass is 234 g/mol. The van der Waals surface area contributed by atoms with Crippen LogP contribution in [-0.4, -0.2) is 32.8 Å². The van der Waals surface area contributed by atoms with Gasteiger partial charge in [-0.25, -0.2) is 0 Å². The molecule has 1 aromatic rings. The second kappa shape index (κ2) is 6.50. The molecule has 1 N–H and O–H groups in total. The van der Waals surface area contributed by atoms with E-state index in [2.05, 4.69) is 35.3 Å². The summed E-state index contributed by atoms with van der Waals surface area (Å²) < 4.78 is 5.75. The Balaban J connectivity index is 1.97. The summed E-state index contributed by atoms with van der Waals surface area (Å²) in [5.74, 6) is 1.04. The Morgan fingerprint density at radius 3 is 3.12 bits per heavy atom. The molecule has 0 fully saturated rings. The van der Waals surface area contributed by atoms with Crippen LogP contribution < -0.4 is 15.0 Å². The number of para-hydroxylation sites is 2. The van der Waals surface area contributed by atoms with Crippen LogP contribution >= 0.6 is 0 Å². The predicted octanol–water partition coefficient (Wildman–Crippen LogP) is 2.28. The third-order valence-electron chi connectivity index (χ3n) is 3.07. The summed E-state index contributed by atoms with van der Waals surface area (Å²) in [5.41, 5.74) is 1.25. The highest BCUT2D eigenvalue weighted by molar-refractivity contribution is 5.58. The fourth-order valence-corrected chi connectivity index (χ4v) is 2.20. The van der Waals surface area contributed by atoms with Crippen LogP contribution in [0.1, 0.15) is 19.8 Å². The first-order valence-electron chi connectivity index (χ1n) is 6.59. The molecule has 2 rings (SSSR count). The van der Waals surface area contributed by atoms with Crippen LogP contribution in [0.2, 0.25) is 0 Å². The number of nitrogens with one attached hydrogen (secondary N) is 1. The summed E-state index contributed by atoms with van der Waals surface area (Å²) in [5, 5.41) is 3.37. The van der Waals surface area contributed by atoms with Gasteiger partial charge >= 0.3 is 0 Å². The zero-order valence-electron chi connectivity index (χ0n) is 10.6. The van der Waals surface area contributed by atoms with Crippen LogP contribution in [-0.2, 0) is 0 Å². The summed E-state index contributed by atoms with van der Waals surface area (Å²) in [6.45, 7) is 7.34. The van der Waals surface area contributed by atoms with E-state index in [9.17, 15) is 0 Å². The van der Waals surface area contributed by atoms with Gasteiger partial charge < -0.3 is 15.0 Å². The van der Waals surface area contributed by atoms with Crippen molar-refractivity contribution in [2.75, 3.05) is 37.7 Å². The van der Waals surface area contributed by atoms with E-state index in [0.717, 1.165) is 45.0 Å².